The van der Waals surface area contributed by atoms with Crippen molar-refractivity contribution in [3.63, 3.8) is 0 Å². The summed E-state index contributed by atoms with van der Waals surface area (Å²) in [5.41, 5.74) is 0.227. The molecule has 2 aromatic carbocycles. The molecule has 0 fully saturated rings. The minimum absolute atomic E-state index is 0.0303. The Balaban J connectivity index is 1.49. The molecule has 0 spiro atoms. The summed E-state index contributed by atoms with van der Waals surface area (Å²) in [5, 5.41) is 0. The first-order valence-electron chi connectivity index (χ1n) is 10.9. The molecule has 0 N–H and O–H groups in total. The Bertz CT molecular complexity index is 945. The van der Waals surface area contributed by atoms with Crippen LogP contribution in [0.4, 0.5) is 17.6 Å². The van der Waals surface area contributed by atoms with Crippen LogP contribution < -0.4 is 14.2 Å². The fraction of sp³-hybridized carbons (Fsp3) is 0.440. The zero-order valence-electron chi connectivity index (χ0n) is 18.3. The second-order valence-corrected chi connectivity index (χ2v) is 8.00. The van der Waals surface area contributed by atoms with Gasteiger partial charge in [0.15, 0.2) is 23.1 Å². The van der Waals surface area contributed by atoms with Crippen molar-refractivity contribution in [3.8, 4) is 17.2 Å². The Morgan fingerprint density at radius 1 is 0.719 bits per heavy atom. The highest BCUT2D eigenvalue weighted by molar-refractivity contribution is 5.35. The lowest BCUT2D eigenvalue weighted by Crippen LogP contribution is -2.20. The second-order valence-electron chi connectivity index (χ2n) is 8.00. The molecule has 1 aliphatic carbocycles. The van der Waals surface area contributed by atoms with E-state index >= 15 is 0 Å². The summed E-state index contributed by atoms with van der Waals surface area (Å²) in [7, 11) is 0. The Labute approximate surface area is 186 Å². The molecule has 2 unspecified atom stereocenters. The minimum atomic E-state index is -1.06. The lowest BCUT2D eigenvalue weighted by molar-refractivity contribution is 0.215. The van der Waals surface area contributed by atoms with Gasteiger partial charge in [-0.1, -0.05) is 31.6 Å². The van der Waals surface area contributed by atoms with E-state index in [1.807, 2.05) is 19.1 Å². The highest BCUT2D eigenvalue weighted by Crippen LogP contribution is 2.30. The third kappa shape index (κ3) is 5.96. The summed E-state index contributed by atoms with van der Waals surface area (Å²) in [6.45, 7) is 4.23. The summed E-state index contributed by atoms with van der Waals surface area (Å²) in [6, 6.07) is 5.65. The normalized spacial score (nSPS) is 17.9. The van der Waals surface area contributed by atoms with E-state index in [1.54, 1.807) is 0 Å². The molecule has 3 rings (SSSR count). The fourth-order valence-electron chi connectivity index (χ4n) is 3.41. The van der Waals surface area contributed by atoms with Crippen molar-refractivity contribution in [3.05, 3.63) is 65.2 Å². The second kappa shape index (κ2) is 11.2. The Hall–Kier alpha value is -2.70. The third-order valence-corrected chi connectivity index (χ3v) is 5.48. The molecule has 2 aromatic rings. The summed E-state index contributed by atoms with van der Waals surface area (Å²) in [6.07, 6.45) is 7.02. The maximum atomic E-state index is 14.3. The van der Waals surface area contributed by atoms with E-state index in [2.05, 4.69) is 0 Å². The van der Waals surface area contributed by atoms with Gasteiger partial charge in [-0.25, -0.2) is 4.39 Å². The molecule has 0 aliphatic heterocycles. The first-order valence-corrected chi connectivity index (χ1v) is 10.9. The van der Waals surface area contributed by atoms with E-state index in [4.69, 9.17) is 14.2 Å². The zero-order valence-corrected chi connectivity index (χ0v) is 18.3. The van der Waals surface area contributed by atoms with Crippen molar-refractivity contribution in [2.75, 3.05) is 19.8 Å². The SMILES string of the molecule is CCCCOc1ccc(OCC2C=CC(COc3ccc(C)c(F)c3F)CC2)c(F)c1F. The lowest BCUT2D eigenvalue weighted by atomic mass is 9.89. The number of hydrogen-bond donors (Lipinski definition) is 0. The van der Waals surface area contributed by atoms with E-state index in [1.165, 1.54) is 31.2 Å². The monoisotopic (exact) mass is 452 g/mol. The number of aryl methyl sites for hydroxylation is 1. The molecule has 0 saturated heterocycles. The molecule has 0 heterocycles. The first-order chi connectivity index (χ1) is 15.4. The van der Waals surface area contributed by atoms with Crippen LogP contribution in [-0.2, 0) is 0 Å². The van der Waals surface area contributed by atoms with Crippen LogP contribution in [0.5, 0.6) is 17.2 Å². The van der Waals surface area contributed by atoms with Gasteiger partial charge in [-0.2, -0.15) is 13.2 Å². The zero-order chi connectivity index (χ0) is 23.1. The van der Waals surface area contributed by atoms with Crippen molar-refractivity contribution in [2.24, 2.45) is 11.8 Å². The standard InChI is InChI=1S/C25H28F4O3/c1-3-4-13-30-19-11-12-21(25(29)24(19)28)32-15-18-8-6-17(7-9-18)14-31-20-10-5-16(2)22(26)23(20)27/h5-6,8,10-12,17-18H,3-4,7,9,13-15H2,1-2H3. The van der Waals surface area contributed by atoms with Crippen molar-refractivity contribution < 1.29 is 31.8 Å². The molecule has 2 atom stereocenters. The van der Waals surface area contributed by atoms with Gasteiger partial charge in [0.05, 0.1) is 19.8 Å². The summed E-state index contributed by atoms with van der Waals surface area (Å²) in [5.74, 6) is -4.28. The molecule has 0 bridgehead atoms. The molecule has 0 saturated carbocycles. The fourth-order valence-corrected chi connectivity index (χ4v) is 3.41. The molecule has 1 aliphatic rings. The van der Waals surface area contributed by atoms with Gasteiger partial charge in [0.25, 0.3) is 0 Å². The molecule has 7 heteroatoms. The van der Waals surface area contributed by atoms with Crippen molar-refractivity contribution >= 4 is 0 Å². The number of rotatable bonds is 10. The molecule has 0 radical (unpaired) electrons. The van der Waals surface area contributed by atoms with Crippen LogP contribution >= 0.6 is 0 Å². The smallest absolute Gasteiger partial charge is 0.204 e. The summed E-state index contributed by atoms with van der Waals surface area (Å²) < 4.78 is 72.2. The van der Waals surface area contributed by atoms with Gasteiger partial charge in [0, 0.05) is 11.8 Å². The van der Waals surface area contributed by atoms with Crippen LogP contribution in [-0.4, -0.2) is 19.8 Å². The van der Waals surface area contributed by atoms with E-state index in [0.717, 1.165) is 25.7 Å². The predicted molar refractivity (Wildman–Crippen MR) is 114 cm³/mol. The van der Waals surface area contributed by atoms with Crippen LogP contribution in [0.15, 0.2) is 36.4 Å². The average molecular weight is 452 g/mol. The molecule has 32 heavy (non-hydrogen) atoms. The molecule has 0 amide bonds. The predicted octanol–water partition coefficient (Wildman–Crippen LogP) is 6.77. The number of ether oxygens (including phenoxy) is 3. The van der Waals surface area contributed by atoms with Gasteiger partial charge < -0.3 is 14.2 Å². The van der Waals surface area contributed by atoms with E-state index < -0.39 is 23.3 Å². The third-order valence-electron chi connectivity index (χ3n) is 5.48. The number of halogens is 4. The molecular formula is C25H28F4O3. The van der Waals surface area contributed by atoms with Crippen LogP contribution in [0.3, 0.4) is 0 Å². The quantitative estimate of drug-likeness (QED) is 0.226. The minimum Gasteiger partial charge on any atom is -0.490 e. The molecule has 174 valence electrons. The largest absolute Gasteiger partial charge is 0.490 e. The Morgan fingerprint density at radius 3 is 1.69 bits per heavy atom. The summed E-state index contributed by atoms with van der Waals surface area (Å²) in [4.78, 5) is 0. The van der Waals surface area contributed by atoms with Crippen molar-refractivity contribution in [1.29, 1.82) is 0 Å². The van der Waals surface area contributed by atoms with E-state index in [-0.39, 0.29) is 47.9 Å². The highest BCUT2D eigenvalue weighted by Gasteiger charge is 2.21. The Morgan fingerprint density at radius 2 is 1.19 bits per heavy atom. The Kier molecular flexibility index (Phi) is 8.42. The van der Waals surface area contributed by atoms with Crippen LogP contribution in [0.1, 0.15) is 38.2 Å². The van der Waals surface area contributed by atoms with Crippen molar-refractivity contribution in [1.82, 2.24) is 0 Å². The van der Waals surface area contributed by atoms with Gasteiger partial charge in [-0.15, -0.1) is 0 Å². The topological polar surface area (TPSA) is 27.7 Å². The number of hydrogen-bond acceptors (Lipinski definition) is 3. The van der Waals surface area contributed by atoms with Gasteiger partial charge >= 0.3 is 0 Å². The van der Waals surface area contributed by atoms with Gasteiger partial charge in [0.1, 0.15) is 0 Å². The number of unbranched alkanes of at least 4 members (excludes halogenated alkanes) is 1. The lowest BCUT2D eigenvalue weighted by Gasteiger charge is -2.23. The molecular weight excluding hydrogens is 424 g/mol. The molecule has 0 aromatic heterocycles. The van der Waals surface area contributed by atoms with E-state index in [0.29, 0.717) is 6.61 Å². The van der Waals surface area contributed by atoms with E-state index in [9.17, 15) is 17.6 Å². The maximum absolute atomic E-state index is 14.3. The maximum Gasteiger partial charge on any atom is 0.204 e. The van der Waals surface area contributed by atoms with Gasteiger partial charge in [-0.3, -0.25) is 0 Å². The van der Waals surface area contributed by atoms with Gasteiger partial charge in [-0.05, 0) is 49.9 Å². The van der Waals surface area contributed by atoms with Gasteiger partial charge in [0.2, 0.25) is 17.5 Å². The first kappa shape index (κ1) is 24.0. The summed E-state index contributed by atoms with van der Waals surface area (Å²) >= 11 is 0. The highest BCUT2D eigenvalue weighted by atomic mass is 19.2. The molecule has 3 nitrogen and oxygen atoms in total. The van der Waals surface area contributed by atoms with Crippen LogP contribution in [0, 0.1) is 42.0 Å². The number of benzene rings is 2. The average Bonchev–Trinajstić information content (AvgIpc) is 2.80. The van der Waals surface area contributed by atoms with Crippen LogP contribution in [0.25, 0.3) is 0 Å². The van der Waals surface area contributed by atoms with Crippen LogP contribution in [0.2, 0.25) is 0 Å². The van der Waals surface area contributed by atoms with Crippen molar-refractivity contribution in [2.45, 2.75) is 39.5 Å².